The Kier molecular flexibility index (Phi) is 14.5. The molecule has 3 heterocycles. The number of hydrogen-bond donors (Lipinski definition) is 5. The second-order valence-corrected chi connectivity index (χ2v) is 13.5. The van der Waals surface area contributed by atoms with Crippen LogP contribution in [0.5, 0.6) is 0 Å². The molecule has 304 valence electrons. The number of aliphatic carboxylic acids is 1. The molecule has 0 spiro atoms. The van der Waals surface area contributed by atoms with E-state index in [4.69, 9.17) is 9.47 Å². The number of carboxylic acids is 1. The van der Waals surface area contributed by atoms with Gasteiger partial charge in [0.2, 0.25) is 17.7 Å². The number of nitrogens with zero attached hydrogens (tertiary/aromatic N) is 7. The number of fused-ring (bicyclic) bond motifs is 1. The molecule has 4 rings (SSSR count). The van der Waals surface area contributed by atoms with Gasteiger partial charge in [0.15, 0.2) is 17.0 Å². The largest absolute Gasteiger partial charge is 0.480 e. The Morgan fingerprint density at radius 1 is 0.860 bits per heavy atom. The second kappa shape index (κ2) is 19.5. The molecule has 5 amide bonds. The van der Waals surface area contributed by atoms with Gasteiger partial charge in [-0.15, -0.1) is 0 Å². The number of carbonyl (C=O) groups is 6. The van der Waals surface area contributed by atoms with E-state index in [1.54, 1.807) is 45.0 Å². The number of rotatable bonds is 17. The molecule has 0 radical (unpaired) electrons. The van der Waals surface area contributed by atoms with Crippen LogP contribution >= 0.6 is 0 Å². The molecular weight excluding hydrogens is 750 g/mol. The van der Waals surface area contributed by atoms with Gasteiger partial charge < -0.3 is 39.6 Å². The van der Waals surface area contributed by atoms with Crippen LogP contribution < -0.4 is 27.2 Å². The number of anilines is 1. The minimum Gasteiger partial charge on any atom is -0.480 e. The van der Waals surface area contributed by atoms with Gasteiger partial charge in [-0.1, -0.05) is 30.3 Å². The quantitative estimate of drug-likeness (QED) is 0.0928. The Balaban J connectivity index is 1.41. The molecule has 3 aromatic heterocycles. The summed E-state index contributed by atoms with van der Waals surface area (Å²) < 4.78 is 12.8. The molecule has 0 aliphatic carbocycles. The van der Waals surface area contributed by atoms with Crippen molar-refractivity contribution in [1.29, 1.82) is 0 Å². The number of aryl methyl sites for hydroxylation is 1. The lowest BCUT2D eigenvalue weighted by Gasteiger charge is -2.25. The molecular formula is C35H43N11O11. The Labute approximate surface area is 324 Å². The standard InChI is InChI=1S/C35H43N11O11/c1-22-14-45(32(53)42-31(22)52)16-25(48)44(18-27(50)51)12-10-36-24(47)15-43(13-11-37-33(54)57-35(2,3)4)26(49)17-46-21-40-28-29(38-20-39-30(28)46)41-34(55)56-19-23-8-6-5-7-9-23/h5-9,14,20-21H,10-13,15-19H2,1-4H3,(H,36,47)(H,37,54)(H,50,51)(H,42,52,53)(H,38,39,41,55). The highest BCUT2D eigenvalue weighted by molar-refractivity contribution is 5.94. The number of amides is 5. The molecule has 0 atom stereocenters. The van der Waals surface area contributed by atoms with Gasteiger partial charge in [0, 0.05) is 37.9 Å². The van der Waals surface area contributed by atoms with Crippen molar-refractivity contribution in [2.75, 3.05) is 44.6 Å². The lowest BCUT2D eigenvalue weighted by Crippen LogP contribution is -2.48. The summed E-state index contributed by atoms with van der Waals surface area (Å²) in [6, 6.07) is 9.02. The molecule has 22 nitrogen and oxygen atoms in total. The summed E-state index contributed by atoms with van der Waals surface area (Å²) in [7, 11) is 0. The van der Waals surface area contributed by atoms with Crippen molar-refractivity contribution in [3.8, 4) is 0 Å². The third kappa shape index (κ3) is 13.3. The minimum atomic E-state index is -1.35. The average Bonchev–Trinajstić information content (AvgIpc) is 3.55. The molecule has 0 aliphatic rings. The highest BCUT2D eigenvalue weighted by atomic mass is 16.6. The summed E-state index contributed by atoms with van der Waals surface area (Å²) in [6.45, 7) is 3.48. The van der Waals surface area contributed by atoms with E-state index >= 15 is 0 Å². The molecule has 0 aliphatic heterocycles. The highest BCUT2D eigenvalue weighted by Gasteiger charge is 2.23. The number of ether oxygens (including phenoxy) is 2. The van der Waals surface area contributed by atoms with Crippen molar-refractivity contribution < 1.29 is 43.3 Å². The fourth-order valence-electron chi connectivity index (χ4n) is 5.08. The zero-order valence-corrected chi connectivity index (χ0v) is 31.6. The molecule has 0 bridgehead atoms. The Hall–Kier alpha value is -7.13. The molecule has 0 saturated heterocycles. The van der Waals surface area contributed by atoms with Gasteiger partial charge in [-0.05, 0) is 33.3 Å². The molecule has 0 saturated carbocycles. The monoisotopic (exact) mass is 793 g/mol. The van der Waals surface area contributed by atoms with Gasteiger partial charge in [-0.25, -0.2) is 29.3 Å². The molecule has 1 aromatic carbocycles. The van der Waals surface area contributed by atoms with E-state index in [0.29, 0.717) is 0 Å². The third-order valence-corrected chi connectivity index (χ3v) is 7.75. The summed E-state index contributed by atoms with van der Waals surface area (Å²) in [5.74, 6) is -3.39. The maximum atomic E-state index is 13.7. The van der Waals surface area contributed by atoms with Crippen LogP contribution in [0.2, 0.25) is 0 Å². The fraction of sp³-hybridized carbons (Fsp3) is 0.400. The van der Waals surface area contributed by atoms with E-state index in [1.807, 2.05) is 6.07 Å². The fourth-order valence-corrected chi connectivity index (χ4v) is 5.08. The van der Waals surface area contributed by atoms with Crippen LogP contribution in [-0.2, 0) is 48.3 Å². The van der Waals surface area contributed by atoms with Crippen LogP contribution in [-0.4, -0.2) is 125 Å². The van der Waals surface area contributed by atoms with Crippen molar-refractivity contribution >= 4 is 52.9 Å². The number of hydrogen-bond acceptors (Lipinski definition) is 13. The number of aromatic amines is 1. The summed E-state index contributed by atoms with van der Waals surface area (Å²) in [5, 5.41) is 17.0. The Bertz CT molecular complexity index is 2210. The smallest absolute Gasteiger partial charge is 0.413 e. The molecule has 0 unspecified atom stereocenters. The normalized spacial score (nSPS) is 11.0. The predicted molar refractivity (Wildman–Crippen MR) is 200 cm³/mol. The van der Waals surface area contributed by atoms with Gasteiger partial charge in [0.05, 0.1) is 12.9 Å². The zero-order chi connectivity index (χ0) is 41.7. The number of imidazole rings is 1. The van der Waals surface area contributed by atoms with Crippen molar-refractivity contribution in [3.05, 3.63) is 81.1 Å². The van der Waals surface area contributed by atoms with E-state index in [2.05, 4.69) is 35.9 Å². The Morgan fingerprint density at radius 2 is 1.51 bits per heavy atom. The van der Waals surface area contributed by atoms with E-state index in [1.165, 1.54) is 24.0 Å². The van der Waals surface area contributed by atoms with Crippen molar-refractivity contribution in [3.63, 3.8) is 0 Å². The number of carboxylic acid groups (broad SMARTS) is 1. The van der Waals surface area contributed by atoms with Crippen molar-refractivity contribution in [1.82, 2.24) is 49.5 Å². The maximum absolute atomic E-state index is 13.7. The topological polar surface area (TPSA) is 282 Å². The van der Waals surface area contributed by atoms with E-state index in [-0.39, 0.29) is 61.9 Å². The molecule has 57 heavy (non-hydrogen) atoms. The second-order valence-electron chi connectivity index (χ2n) is 13.5. The van der Waals surface area contributed by atoms with Gasteiger partial charge in [0.25, 0.3) is 5.56 Å². The lowest BCUT2D eigenvalue weighted by molar-refractivity contribution is -0.144. The van der Waals surface area contributed by atoms with E-state index in [0.717, 1.165) is 26.3 Å². The maximum Gasteiger partial charge on any atom is 0.413 e. The van der Waals surface area contributed by atoms with Crippen LogP contribution in [0.4, 0.5) is 15.4 Å². The number of alkyl carbamates (subject to hydrolysis) is 1. The number of aromatic nitrogens is 6. The number of H-pyrrole nitrogens is 1. The van der Waals surface area contributed by atoms with Gasteiger partial charge >= 0.3 is 23.8 Å². The third-order valence-electron chi connectivity index (χ3n) is 7.75. The summed E-state index contributed by atoms with van der Waals surface area (Å²) in [5.41, 5.74) is -1.02. The van der Waals surface area contributed by atoms with Crippen LogP contribution in [0.1, 0.15) is 31.9 Å². The first-order valence-electron chi connectivity index (χ1n) is 17.4. The molecule has 22 heteroatoms. The van der Waals surface area contributed by atoms with Gasteiger partial charge in [0.1, 0.15) is 38.2 Å². The SMILES string of the molecule is Cc1cn(CC(=O)N(CCNC(=O)CN(CCNC(=O)OC(C)(C)C)C(=O)Cn2cnc3c(NC(=O)OCc4ccccc4)ncnc32)CC(=O)O)c(=O)[nH]c1=O. The van der Waals surface area contributed by atoms with Crippen LogP contribution in [0, 0.1) is 6.92 Å². The first-order valence-corrected chi connectivity index (χ1v) is 17.4. The minimum absolute atomic E-state index is 0.00912. The van der Waals surface area contributed by atoms with Crippen LogP contribution in [0.3, 0.4) is 0 Å². The number of benzene rings is 1. The Morgan fingerprint density at radius 3 is 2.18 bits per heavy atom. The van der Waals surface area contributed by atoms with E-state index < -0.39 is 72.4 Å². The molecule has 4 aromatic rings. The van der Waals surface area contributed by atoms with E-state index in [9.17, 15) is 43.5 Å². The lowest BCUT2D eigenvalue weighted by atomic mass is 10.2. The summed E-state index contributed by atoms with van der Waals surface area (Å²) >= 11 is 0. The number of nitrogens with one attached hydrogen (secondary N) is 4. The predicted octanol–water partition coefficient (Wildman–Crippen LogP) is -0.184. The highest BCUT2D eigenvalue weighted by Crippen LogP contribution is 2.18. The zero-order valence-electron chi connectivity index (χ0n) is 31.6. The van der Waals surface area contributed by atoms with Crippen LogP contribution in [0.15, 0.2) is 58.8 Å². The summed E-state index contributed by atoms with van der Waals surface area (Å²) in [6.07, 6.45) is 2.08. The first-order chi connectivity index (χ1) is 27.0. The van der Waals surface area contributed by atoms with Crippen molar-refractivity contribution in [2.45, 2.75) is 53.0 Å². The molecule has 0 fully saturated rings. The van der Waals surface area contributed by atoms with Gasteiger partial charge in [-0.2, -0.15) is 0 Å². The average molecular weight is 794 g/mol. The first kappa shape index (κ1) is 42.6. The summed E-state index contributed by atoms with van der Waals surface area (Å²) in [4.78, 5) is 116. The van der Waals surface area contributed by atoms with Crippen molar-refractivity contribution in [2.24, 2.45) is 0 Å². The van der Waals surface area contributed by atoms with Crippen LogP contribution in [0.25, 0.3) is 11.2 Å². The van der Waals surface area contributed by atoms with Gasteiger partial charge in [-0.3, -0.25) is 38.8 Å². The molecule has 5 N–H and O–H groups in total. The number of carbonyl (C=O) groups excluding carboxylic acids is 5.